The van der Waals surface area contributed by atoms with Crippen LogP contribution in [0.2, 0.25) is 0 Å². The summed E-state index contributed by atoms with van der Waals surface area (Å²) in [6, 6.07) is 0. The third-order valence-corrected chi connectivity index (χ3v) is 3.70. The van der Waals surface area contributed by atoms with Crippen LogP contribution in [0.25, 0.3) is 0 Å². The first-order valence-corrected chi connectivity index (χ1v) is 6.35. The molecule has 3 amide bonds. The smallest absolute Gasteiger partial charge is 0.246 e. The highest BCUT2D eigenvalue weighted by molar-refractivity contribution is 6.06. The normalized spacial score (nSPS) is 25.9. The Hall–Kier alpha value is -1.69. The fourth-order valence-corrected chi connectivity index (χ4v) is 2.71. The molecule has 0 bridgehead atoms. The van der Waals surface area contributed by atoms with E-state index in [0.29, 0.717) is 32.7 Å². The highest BCUT2D eigenvalue weighted by atomic mass is 16.5. The van der Waals surface area contributed by atoms with E-state index < -0.39 is 0 Å². The number of methoxy groups -OCH3 is 1. The van der Waals surface area contributed by atoms with Crippen molar-refractivity contribution in [1.82, 2.24) is 9.80 Å². The van der Waals surface area contributed by atoms with E-state index in [0.717, 1.165) is 0 Å². The molecule has 0 N–H and O–H groups in total. The second kappa shape index (κ2) is 5.52. The number of ether oxygens (including phenoxy) is 1. The number of carbonyl (C=O) groups is 3. The Bertz CT molecular complexity index is 397. The van der Waals surface area contributed by atoms with Gasteiger partial charge in [0.15, 0.2) is 0 Å². The van der Waals surface area contributed by atoms with Crippen molar-refractivity contribution < 1.29 is 19.1 Å². The number of carbonyl (C=O) groups excluding carboxylic acids is 3. The number of hydrogen-bond donors (Lipinski definition) is 0. The Morgan fingerprint density at radius 3 is 2.42 bits per heavy atom. The van der Waals surface area contributed by atoms with Gasteiger partial charge in [-0.2, -0.15) is 0 Å². The summed E-state index contributed by atoms with van der Waals surface area (Å²) in [5, 5.41) is 0. The molecule has 2 rings (SSSR count). The van der Waals surface area contributed by atoms with E-state index in [2.05, 4.69) is 6.58 Å². The first-order valence-electron chi connectivity index (χ1n) is 6.35. The number of fused-ring (bicyclic) bond motifs is 1. The van der Waals surface area contributed by atoms with Crippen molar-refractivity contribution in [3.05, 3.63) is 12.7 Å². The molecule has 0 saturated carbocycles. The van der Waals surface area contributed by atoms with E-state index in [1.807, 2.05) is 0 Å². The van der Waals surface area contributed by atoms with Gasteiger partial charge in [0, 0.05) is 33.4 Å². The molecule has 6 heteroatoms. The maximum atomic E-state index is 12.1. The lowest BCUT2D eigenvalue weighted by atomic mass is 10.00. The molecule has 104 valence electrons. The molecule has 2 aliphatic heterocycles. The third kappa shape index (κ3) is 2.40. The van der Waals surface area contributed by atoms with E-state index >= 15 is 0 Å². The second-order valence-corrected chi connectivity index (χ2v) is 4.83. The Morgan fingerprint density at radius 2 is 1.95 bits per heavy atom. The average Bonchev–Trinajstić information content (AvgIpc) is 2.93. The summed E-state index contributed by atoms with van der Waals surface area (Å²) in [6.07, 6.45) is 1.86. The van der Waals surface area contributed by atoms with E-state index in [4.69, 9.17) is 4.74 Å². The molecule has 19 heavy (non-hydrogen) atoms. The average molecular weight is 266 g/mol. The van der Waals surface area contributed by atoms with Crippen LogP contribution in [0.15, 0.2) is 12.7 Å². The van der Waals surface area contributed by atoms with Crippen LogP contribution in [-0.2, 0) is 19.1 Å². The minimum Gasteiger partial charge on any atom is -0.385 e. The number of hydrogen-bond acceptors (Lipinski definition) is 4. The minimum absolute atomic E-state index is 0.162. The lowest BCUT2D eigenvalue weighted by Crippen LogP contribution is -2.38. The summed E-state index contributed by atoms with van der Waals surface area (Å²) in [5.41, 5.74) is 0. The topological polar surface area (TPSA) is 66.9 Å². The molecule has 0 radical (unpaired) electrons. The Morgan fingerprint density at radius 1 is 1.37 bits per heavy atom. The van der Waals surface area contributed by atoms with Crippen molar-refractivity contribution >= 4 is 17.7 Å². The monoisotopic (exact) mass is 266 g/mol. The number of imide groups is 1. The van der Waals surface area contributed by atoms with Gasteiger partial charge in [-0.05, 0) is 12.5 Å². The predicted octanol–water partition coefficient (Wildman–Crippen LogP) is -0.348. The van der Waals surface area contributed by atoms with Crippen molar-refractivity contribution in [3.63, 3.8) is 0 Å². The Balaban J connectivity index is 2.00. The zero-order valence-electron chi connectivity index (χ0n) is 11.0. The first-order chi connectivity index (χ1) is 9.10. The maximum absolute atomic E-state index is 12.1. The molecule has 0 aromatic heterocycles. The summed E-state index contributed by atoms with van der Waals surface area (Å²) < 4.78 is 4.92. The molecule has 0 aliphatic carbocycles. The van der Waals surface area contributed by atoms with Crippen LogP contribution in [-0.4, -0.2) is 60.9 Å². The van der Waals surface area contributed by atoms with E-state index in [-0.39, 0.29) is 29.6 Å². The van der Waals surface area contributed by atoms with Crippen molar-refractivity contribution in [2.75, 3.05) is 33.4 Å². The fraction of sp³-hybridized carbons (Fsp3) is 0.615. The zero-order chi connectivity index (χ0) is 14.0. The molecule has 0 aromatic rings. The summed E-state index contributed by atoms with van der Waals surface area (Å²) in [5.74, 6) is -1.30. The highest BCUT2D eigenvalue weighted by Crippen LogP contribution is 2.33. The standard InChI is InChI=1S/C13H18N2O4/c1-3-11(16)14-7-9-10(8-14)13(18)15(12(9)17)5-4-6-19-2/h3,9-10H,1,4-8H2,2H3/t9-,10+. The molecule has 6 nitrogen and oxygen atoms in total. The van der Waals surface area contributed by atoms with Crippen molar-refractivity contribution in [3.8, 4) is 0 Å². The molecular weight excluding hydrogens is 248 g/mol. The van der Waals surface area contributed by atoms with Gasteiger partial charge in [-0.15, -0.1) is 0 Å². The lowest BCUT2D eigenvalue weighted by Gasteiger charge is -2.19. The van der Waals surface area contributed by atoms with Gasteiger partial charge in [-0.3, -0.25) is 19.3 Å². The second-order valence-electron chi connectivity index (χ2n) is 4.83. The summed E-state index contributed by atoms with van der Waals surface area (Å²) in [4.78, 5) is 38.6. The van der Waals surface area contributed by atoms with Crippen molar-refractivity contribution in [2.45, 2.75) is 6.42 Å². The third-order valence-electron chi connectivity index (χ3n) is 3.70. The number of likely N-dealkylation sites (tertiary alicyclic amines) is 2. The van der Waals surface area contributed by atoms with Gasteiger partial charge < -0.3 is 9.64 Å². The molecule has 0 unspecified atom stereocenters. The van der Waals surface area contributed by atoms with Gasteiger partial charge in [0.2, 0.25) is 17.7 Å². The number of nitrogens with zero attached hydrogens (tertiary/aromatic N) is 2. The van der Waals surface area contributed by atoms with Crippen LogP contribution in [0.1, 0.15) is 6.42 Å². The largest absolute Gasteiger partial charge is 0.385 e. The van der Waals surface area contributed by atoms with Crippen molar-refractivity contribution in [1.29, 1.82) is 0 Å². The minimum atomic E-state index is -0.376. The van der Waals surface area contributed by atoms with Crippen molar-refractivity contribution in [2.24, 2.45) is 11.8 Å². The SMILES string of the molecule is C=CC(=O)N1C[C@@H]2C(=O)N(CCCOC)C(=O)[C@@H]2C1. The molecule has 2 atom stereocenters. The van der Waals surface area contributed by atoms with Crippen LogP contribution in [0, 0.1) is 11.8 Å². The predicted molar refractivity (Wildman–Crippen MR) is 67.0 cm³/mol. The van der Waals surface area contributed by atoms with Crippen LogP contribution in [0.4, 0.5) is 0 Å². The molecule has 0 aromatic carbocycles. The molecule has 2 saturated heterocycles. The van der Waals surface area contributed by atoms with E-state index in [9.17, 15) is 14.4 Å². The fourth-order valence-electron chi connectivity index (χ4n) is 2.71. The summed E-state index contributed by atoms with van der Waals surface area (Å²) >= 11 is 0. The summed E-state index contributed by atoms with van der Waals surface area (Å²) in [6.45, 7) is 4.98. The summed E-state index contributed by atoms with van der Waals surface area (Å²) in [7, 11) is 1.58. The molecule has 2 fully saturated rings. The lowest BCUT2D eigenvalue weighted by molar-refractivity contribution is -0.141. The quantitative estimate of drug-likeness (QED) is 0.387. The van der Waals surface area contributed by atoms with E-state index in [1.165, 1.54) is 15.9 Å². The molecule has 0 spiro atoms. The van der Waals surface area contributed by atoms with Gasteiger partial charge in [0.05, 0.1) is 11.8 Å². The van der Waals surface area contributed by atoms with Gasteiger partial charge in [-0.25, -0.2) is 0 Å². The van der Waals surface area contributed by atoms with Gasteiger partial charge in [0.25, 0.3) is 0 Å². The van der Waals surface area contributed by atoms with Crippen LogP contribution >= 0.6 is 0 Å². The van der Waals surface area contributed by atoms with Crippen LogP contribution in [0.5, 0.6) is 0 Å². The Kier molecular flexibility index (Phi) is 3.99. The number of amides is 3. The van der Waals surface area contributed by atoms with E-state index in [1.54, 1.807) is 7.11 Å². The van der Waals surface area contributed by atoms with Gasteiger partial charge in [0.1, 0.15) is 0 Å². The highest BCUT2D eigenvalue weighted by Gasteiger charge is 2.52. The number of rotatable bonds is 5. The molecule has 2 aliphatic rings. The van der Waals surface area contributed by atoms with Gasteiger partial charge in [-0.1, -0.05) is 6.58 Å². The van der Waals surface area contributed by atoms with Crippen LogP contribution < -0.4 is 0 Å². The van der Waals surface area contributed by atoms with Crippen LogP contribution in [0.3, 0.4) is 0 Å². The Labute approximate surface area is 112 Å². The maximum Gasteiger partial charge on any atom is 0.246 e. The first kappa shape index (κ1) is 13.7. The molecule has 2 heterocycles. The zero-order valence-corrected chi connectivity index (χ0v) is 11.0. The van der Waals surface area contributed by atoms with Gasteiger partial charge >= 0.3 is 0 Å². The molecular formula is C13H18N2O4.